The van der Waals surface area contributed by atoms with Crippen molar-refractivity contribution in [2.75, 3.05) is 12.3 Å². The fourth-order valence-electron chi connectivity index (χ4n) is 3.99. The van der Waals surface area contributed by atoms with Gasteiger partial charge < -0.3 is 15.8 Å². The summed E-state index contributed by atoms with van der Waals surface area (Å²) in [4.78, 5) is 23.4. The molecule has 0 bridgehead atoms. The maximum atomic E-state index is 11.9. The van der Waals surface area contributed by atoms with Crippen LogP contribution in [0.15, 0.2) is 54.6 Å². The van der Waals surface area contributed by atoms with Crippen LogP contribution in [0.1, 0.15) is 31.2 Å². The second-order valence-electron chi connectivity index (χ2n) is 7.96. The summed E-state index contributed by atoms with van der Waals surface area (Å²) >= 11 is 3.93. The van der Waals surface area contributed by atoms with Crippen molar-refractivity contribution in [3.8, 4) is 11.1 Å². The molecule has 30 heavy (non-hydrogen) atoms. The molecule has 3 rings (SSSR count). The Bertz CT molecular complexity index is 826. The molecule has 6 heteroatoms. The van der Waals surface area contributed by atoms with Crippen molar-refractivity contribution < 1.29 is 14.3 Å². The molecule has 1 saturated carbocycles. The molecule has 160 valence electrons. The van der Waals surface area contributed by atoms with Crippen molar-refractivity contribution in [3.63, 3.8) is 0 Å². The second-order valence-corrected chi connectivity index (χ2v) is 8.32. The van der Waals surface area contributed by atoms with Crippen LogP contribution >= 0.6 is 12.6 Å². The van der Waals surface area contributed by atoms with E-state index < -0.39 is 18.0 Å². The fraction of sp³-hybridized carbons (Fsp3) is 0.417. The summed E-state index contributed by atoms with van der Waals surface area (Å²) in [5.74, 6) is -0.585. The lowest BCUT2D eigenvalue weighted by molar-refractivity contribution is -0.159. The number of hydrogen-bond donors (Lipinski definition) is 3. The van der Waals surface area contributed by atoms with E-state index in [2.05, 4.69) is 66.5 Å². The van der Waals surface area contributed by atoms with Gasteiger partial charge in [0.15, 0.2) is 0 Å². The lowest BCUT2D eigenvalue weighted by atomic mass is 9.82. The molecule has 3 N–H and O–H groups in total. The molecule has 3 atom stereocenters. The lowest BCUT2D eigenvalue weighted by Crippen LogP contribution is -2.41. The molecule has 0 aromatic heterocycles. The molecule has 0 amide bonds. The van der Waals surface area contributed by atoms with Crippen LogP contribution in [-0.4, -0.2) is 36.3 Å². The summed E-state index contributed by atoms with van der Waals surface area (Å²) in [5.41, 5.74) is 9.31. The molecule has 2 aromatic carbocycles. The highest BCUT2D eigenvalue weighted by atomic mass is 32.1. The molecule has 1 aliphatic rings. The van der Waals surface area contributed by atoms with Crippen LogP contribution in [-0.2, 0) is 20.7 Å². The standard InChI is InChI=1S/C24H30N2O3S/c25-22(16-30)24(28)29-23(27)15-26-21-8-4-5-18(14-21)13-17-9-11-20(12-10-17)19-6-2-1-3-7-19/h1-3,6-7,9-12,18,21-22,26,30H,4-5,8,13-16,25H2/t18?,21?,22-/m0/s1. The minimum Gasteiger partial charge on any atom is -0.391 e. The Hall–Kier alpha value is -2.15. The smallest absolute Gasteiger partial charge is 0.331 e. The predicted octanol–water partition coefficient (Wildman–Crippen LogP) is 3.37. The summed E-state index contributed by atoms with van der Waals surface area (Å²) in [6, 6.07) is 18.6. The quantitative estimate of drug-likeness (QED) is 0.343. The molecule has 0 aliphatic heterocycles. The number of nitrogens with one attached hydrogen (secondary N) is 1. The van der Waals surface area contributed by atoms with Gasteiger partial charge >= 0.3 is 11.9 Å². The average Bonchev–Trinajstić information content (AvgIpc) is 2.78. The number of carbonyl (C=O) groups excluding carboxylic acids is 2. The molecular weight excluding hydrogens is 396 g/mol. The van der Waals surface area contributed by atoms with Crippen LogP contribution in [0.25, 0.3) is 11.1 Å². The Morgan fingerprint density at radius 3 is 2.47 bits per heavy atom. The highest BCUT2D eigenvalue weighted by Crippen LogP contribution is 2.28. The number of nitrogens with two attached hydrogens (primary N) is 1. The van der Waals surface area contributed by atoms with Gasteiger partial charge in [-0.3, -0.25) is 4.79 Å². The molecule has 0 radical (unpaired) electrons. The van der Waals surface area contributed by atoms with Gasteiger partial charge in [0, 0.05) is 11.8 Å². The molecule has 0 saturated heterocycles. The molecule has 2 unspecified atom stereocenters. The maximum Gasteiger partial charge on any atom is 0.331 e. The van der Waals surface area contributed by atoms with E-state index in [1.807, 2.05) is 6.07 Å². The zero-order valence-corrected chi connectivity index (χ0v) is 18.0. The SMILES string of the molecule is N[C@@H](CS)C(=O)OC(=O)CNC1CCCC(Cc2ccc(-c3ccccc3)cc2)C1. The van der Waals surface area contributed by atoms with E-state index in [4.69, 9.17) is 10.5 Å². The third-order valence-electron chi connectivity index (χ3n) is 5.62. The van der Waals surface area contributed by atoms with Crippen molar-refractivity contribution in [1.29, 1.82) is 0 Å². The number of hydrogen-bond acceptors (Lipinski definition) is 6. The van der Waals surface area contributed by atoms with Crippen molar-refractivity contribution in [2.45, 2.75) is 44.2 Å². The number of rotatable bonds is 8. The summed E-state index contributed by atoms with van der Waals surface area (Å²) in [7, 11) is 0. The van der Waals surface area contributed by atoms with Crippen molar-refractivity contribution in [2.24, 2.45) is 11.7 Å². The van der Waals surface area contributed by atoms with Gasteiger partial charge in [-0.25, -0.2) is 4.79 Å². The summed E-state index contributed by atoms with van der Waals surface area (Å²) in [6.07, 6.45) is 5.40. The van der Waals surface area contributed by atoms with Gasteiger partial charge in [-0.2, -0.15) is 12.6 Å². The minimum atomic E-state index is -0.871. The van der Waals surface area contributed by atoms with Gasteiger partial charge in [-0.15, -0.1) is 0 Å². The second kappa shape index (κ2) is 11.3. The largest absolute Gasteiger partial charge is 0.391 e. The third-order valence-corrected chi connectivity index (χ3v) is 6.01. The van der Waals surface area contributed by atoms with Crippen molar-refractivity contribution in [1.82, 2.24) is 5.32 Å². The van der Waals surface area contributed by atoms with Crippen LogP contribution in [0, 0.1) is 5.92 Å². The third kappa shape index (κ3) is 6.69. The van der Waals surface area contributed by atoms with Crippen LogP contribution < -0.4 is 11.1 Å². The van der Waals surface area contributed by atoms with Gasteiger partial charge in [0.05, 0.1) is 6.54 Å². The first-order valence-electron chi connectivity index (χ1n) is 10.5. The topological polar surface area (TPSA) is 81.4 Å². The zero-order chi connectivity index (χ0) is 21.3. The first kappa shape index (κ1) is 22.5. The van der Waals surface area contributed by atoms with Gasteiger partial charge in [0.1, 0.15) is 6.04 Å². The number of thiol groups is 1. The molecule has 5 nitrogen and oxygen atoms in total. The zero-order valence-electron chi connectivity index (χ0n) is 17.1. The Balaban J connectivity index is 1.46. The van der Waals surface area contributed by atoms with Crippen molar-refractivity contribution in [3.05, 3.63) is 60.2 Å². The lowest BCUT2D eigenvalue weighted by Gasteiger charge is -2.29. The Labute approximate surface area is 183 Å². The highest BCUT2D eigenvalue weighted by molar-refractivity contribution is 7.80. The number of carbonyl (C=O) groups is 2. The van der Waals surface area contributed by atoms with E-state index in [0.717, 1.165) is 25.7 Å². The van der Waals surface area contributed by atoms with E-state index in [0.29, 0.717) is 5.92 Å². The van der Waals surface area contributed by atoms with Crippen LogP contribution in [0.5, 0.6) is 0 Å². The number of esters is 2. The van der Waals surface area contributed by atoms with Gasteiger partial charge in [0.25, 0.3) is 0 Å². The van der Waals surface area contributed by atoms with Crippen LogP contribution in [0.2, 0.25) is 0 Å². The number of ether oxygens (including phenoxy) is 1. The molecule has 0 heterocycles. The molecule has 1 aliphatic carbocycles. The molecule has 0 spiro atoms. The maximum absolute atomic E-state index is 11.9. The van der Waals surface area contributed by atoms with Crippen LogP contribution in [0.4, 0.5) is 0 Å². The van der Waals surface area contributed by atoms with Crippen LogP contribution in [0.3, 0.4) is 0 Å². The first-order valence-corrected chi connectivity index (χ1v) is 11.2. The van der Waals surface area contributed by atoms with E-state index in [1.165, 1.54) is 23.1 Å². The molecule has 1 fully saturated rings. The first-order chi connectivity index (χ1) is 14.5. The Kier molecular flexibility index (Phi) is 8.49. The van der Waals surface area contributed by atoms with Crippen molar-refractivity contribution >= 4 is 24.6 Å². The Morgan fingerprint density at radius 2 is 1.77 bits per heavy atom. The molecular formula is C24H30N2O3S. The van der Waals surface area contributed by atoms with Gasteiger partial charge in [-0.05, 0) is 41.9 Å². The number of benzene rings is 2. The average molecular weight is 427 g/mol. The normalized spacial score (nSPS) is 19.8. The highest BCUT2D eigenvalue weighted by Gasteiger charge is 2.23. The van der Waals surface area contributed by atoms with E-state index in [9.17, 15) is 9.59 Å². The molecule has 2 aromatic rings. The van der Waals surface area contributed by atoms with Gasteiger partial charge in [-0.1, -0.05) is 67.4 Å². The van der Waals surface area contributed by atoms with E-state index in [1.54, 1.807) is 0 Å². The van der Waals surface area contributed by atoms with E-state index >= 15 is 0 Å². The fourth-order valence-corrected chi connectivity index (χ4v) is 4.13. The monoisotopic (exact) mass is 426 g/mol. The van der Waals surface area contributed by atoms with Gasteiger partial charge in [0.2, 0.25) is 0 Å². The predicted molar refractivity (Wildman–Crippen MR) is 122 cm³/mol. The summed E-state index contributed by atoms with van der Waals surface area (Å²) < 4.78 is 4.75. The summed E-state index contributed by atoms with van der Waals surface area (Å²) in [6.45, 7) is 0.0220. The summed E-state index contributed by atoms with van der Waals surface area (Å²) in [5, 5.41) is 3.24. The van der Waals surface area contributed by atoms with E-state index in [-0.39, 0.29) is 18.3 Å². The minimum absolute atomic E-state index is 0.0220. The Morgan fingerprint density at radius 1 is 1.07 bits per heavy atom.